The van der Waals surface area contributed by atoms with Gasteiger partial charge in [-0.1, -0.05) is 42.1 Å². The lowest BCUT2D eigenvalue weighted by Crippen LogP contribution is -2.22. The topological polar surface area (TPSA) is 80.6 Å². The molecule has 6 nitrogen and oxygen atoms in total. The van der Waals surface area contributed by atoms with E-state index in [1.807, 2.05) is 25.1 Å². The van der Waals surface area contributed by atoms with Gasteiger partial charge in [-0.05, 0) is 55.3 Å². The number of halogens is 1. The SMILES string of the molecule is Cc1ccc(-n2c(SCc3nc4c(C)cccc4c(=O)[nH]3)nc3ccccc3c2=O)cc1F. The Morgan fingerprint density at radius 3 is 2.55 bits per heavy atom. The van der Waals surface area contributed by atoms with E-state index in [1.54, 1.807) is 43.3 Å². The Morgan fingerprint density at radius 2 is 1.73 bits per heavy atom. The first-order chi connectivity index (χ1) is 15.9. The number of rotatable bonds is 4. The Bertz CT molecular complexity index is 1660. The van der Waals surface area contributed by atoms with Crippen molar-refractivity contribution in [2.24, 2.45) is 0 Å². The van der Waals surface area contributed by atoms with E-state index >= 15 is 0 Å². The lowest BCUT2D eigenvalue weighted by molar-refractivity contribution is 0.615. The highest BCUT2D eigenvalue weighted by Gasteiger charge is 2.15. The third-order valence-corrected chi connectivity index (χ3v) is 6.43. The van der Waals surface area contributed by atoms with Crippen LogP contribution < -0.4 is 11.1 Å². The summed E-state index contributed by atoms with van der Waals surface area (Å²) in [6.45, 7) is 3.57. The highest BCUT2D eigenvalue weighted by Crippen LogP contribution is 2.25. The van der Waals surface area contributed by atoms with Crippen molar-refractivity contribution < 1.29 is 4.39 Å². The van der Waals surface area contributed by atoms with Crippen molar-refractivity contribution in [3.05, 3.63) is 104 Å². The largest absolute Gasteiger partial charge is 0.309 e. The van der Waals surface area contributed by atoms with Crippen molar-refractivity contribution in [2.45, 2.75) is 24.8 Å². The maximum absolute atomic E-state index is 14.3. The fourth-order valence-corrected chi connectivity index (χ4v) is 4.59. The number of aromatic nitrogens is 4. The van der Waals surface area contributed by atoms with Crippen LogP contribution in [0.3, 0.4) is 0 Å². The maximum Gasteiger partial charge on any atom is 0.266 e. The number of thioether (sulfide) groups is 1. The zero-order chi connectivity index (χ0) is 23.1. The number of para-hydroxylation sites is 2. The summed E-state index contributed by atoms with van der Waals surface area (Å²) in [6, 6.07) is 17.2. The number of benzene rings is 3. The average molecular weight is 459 g/mol. The molecule has 2 aromatic heterocycles. The Balaban J connectivity index is 1.63. The summed E-state index contributed by atoms with van der Waals surface area (Å²) in [6.07, 6.45) is 0. The first-order valence-corrected chi connectivity index (χ1v) is 11.3. The van der Waals surface area contributed by atoms with Crippen LogP contribution in [0.1, 0.15) is 17.0 Å². The summed E-state index contributed by atoms with van der Waals surface area (Å²) in [5.41, 5.74) is 2.46. The second-order valence-electron chi connectivity index (χ2n) is 7.76. The molecule has 3 aromatic carbocycles. The van der Waals surface area contributed by atoms with Crippen LogP contribution in [-0.2, 0) is 5.75 Å². The number of aromatic amines is 1. The fourth-order valence-electron chi connectivity index (χ4n) is 3.71. The Labute approximate surface area is 192 Å². The summed E-state index contributed by atoms with van der Waals surface area (Å²) in [5.74, 6) is 0.342. The van der Waals surface area contributed by atoms with E-state index in [9.17, 15) is 14.0 Å². The highest BCUT2D eigenvalue weighted by molar-refractivity contribution is 7.98. The van der Waals surface area contributed by atoms with Crippen molar-refractivity contribution >= 4 is 33.6 Å². The summed E-state index contributed by atoms with van der Waals surface area (Å²) >= 11 is 1.25. The van der Waals surface area contributed by atoms with Gasteiger partial charge >= 0.3 is 0 Å². The Kier molecular flexibility index (Phi) is 5.30. The van der Waals surface area contributed by atoms with Crippen LogP contribution in [0.5, 0.6) is 0 Å². The van der Waals surface area contributed by atoms with Crippen LogP contribution in [0.2, 0.25) is 0 Å². The van der Waals surface area contributed by atoms with Crippen molar-refractivity contribution in [3.8, 4) is 5.69 Å². The van der Waals surface area contributed by atoms with E-state index in [4.69, 9.17) is 0 Å². The van der Waals surface area contributed by atoms with Gasteiger partial charge in [0.25, 0.3) is 11.1 Å². The van der Waals surface area contributed by atoms with E-state index in [0.717, 1.165) is 5.56 Å². The van der Waals surface area contributed by atoms with Crippen LogP contribution in [0.15, 0.2) is 75.4 Å². The summed E-state index contributed by atoms with van der Waals surface area (Å²) < 4.78 is 15.7. The monoisotopic (exact) mass is 458 g/mol. The molecular formula is C25H19FN4O2S. The quantitative estimate of drug-likeness (QED) is 0.313. The molecule has 8 heteroatoms. The van der Waals surface area contributed by atoms with Crippen LogP contribution in [0, 0.1) is 19.7 Å². The van der Waals surface area contributed by atoms with Gasteiger partial charge in [-0.25, -0.2) is 14.4 Å². The minimum Gasteiger partial charge on any atom is -0.309 e. The molecule has 1 N–H and O–H groups in total. The lowest BCUT2D eigenvalue weighted by atomic mass is 10.1. The van der Waals surface area contributed by atoms with Crippen molar-refractivity contribution in [1.82, 2.24) is 19.5 Å². The van der Waals surface area contributed by atoms with Crippen molar-refractivity contribution in [1.29, 1.82) is 0 Å². The summed E-state index contributed by atoms with van der Waals surface area (Å²) in [4.78, 5) is 38.0. The van der Waals surface area contributed by atoms with Gasteiger partial charge in [-0.15, -0.1) is 0 Å². The van der Waals surface area contributed by atoms with E-state index in [2.05, 4.69) is 15.0 Å². The highest BCUT2D eigenvalue weighted by atomic mass is 32.2. The minimum atomic E-state index is -0.403. The van der Waals surface area contributed by atoms with Crippen molar-refractivity contribution in [3.63, 3.8) is 0 Å². The lowest BCUT2D eigenvalue weighted by Gasteiger charge is -2.14. The molecule has 5 rings (SSSR count). The predicted octanol–water partition coefficient (Wildman–Crippen LogP) is 4.67. The molecule has 5 aromatic rings. The number of nitrogens with one attached hydrogen (secondary N) is 1. The molecule has 0 unspecified atom stereocenters. The molecule has 33 heavy (non-hydrogen) atoms. The molecule has 0 radical (unpaired) electrons. The van der Waals surface area contributed by atoms with E-state index in [0.29, 0.717) is 44.0 Å². The zero-order valence-corrected chi connectivity index (χ0v) is 18.7. The molecule has 0 aliphatic carbocycles. The van der Waals surface area contributed by atoms with E-state index in [1.165, 1.54) is 22.4 Å². The predicted molar refractivity (Wildman–Crippen MR) is 129 cm³/mol. The third kappa shape index (κ3) is 3.82. The number of H-pyrrole nitrogens is 1. The van der Waals surface area contributed by atoms with Gasteiger partial charge in [-0.3, -0.25) is 14.2 Å². The van der Waals surface area contributed by atoms with Gasteiger partial charge in [0, 0.05) is 0 Å². The second-order valence-corrected chi connectivity index (χ2v) is 8.70. The van der Waals surface area contributed by atoms with E-state index < -0.39 is 5.82 Å². The maximum atomic E-state index is 14.3. The molecule has 2 heterocycles. The normalized spacial score (nSPS) is 11.4. The molecule has 0 aliphatic heterocycles. The smallest absolute Gasteiger partial charge is 0.266 e. The Morgan fingerprint density at radius 1 is 0.939 bits per heavy atom. The molecule has 0 spiro atoms. The van der Waals surface area contributed by atoms with Gasteiger partial charge in [-0.2, -0.15) is 0 Å². The fraction of sp³-hybridized carbons (Fsp3) is 0.120. The van der Waals surface area contributed by atoms with Gasteiger partial charge < -0.3 is 4.98 Å². The summed E-state index contributed by atoms with van der Waals surface area (Å²) in [7, 11) is 0. The van der Waals surface area contributed by atoms with Gasteiger partial charge in [0.05, 0.1) is 33.2 Å². The van der Waals surface area contributed by atoms with Gasteiger partial charge in [0.1, 0.15) is 11.6 Å². The molecule has 0 saturated carbocycles. The number of aryl methyl sites for hydroxylation is 2. The molecule has 0 bridgehead atoms. The molecule has 164 valence electrons. The molecule has 0 saturated heterocycles. The molecule has 0 amide bonds. The molecule has 0 fully saturated rings. The Hall–Kier alpha value is -3.78. The number of nitrogens with zero attached hydrogens (tertiary/aromatic N) is 3. The number of hydrogen-bond acceptors (Lipinski definition) is 5. The number of hydrogen-bond donors (Lipinski definition) is 1. The molecule has 0 atom stereocenters. The molecule has 0 aliphatic rings. The molecular weight excluding hydrogens is 439 g/mol. The standard InChI is InChI=1S/C25H19FN4O2S/c1-14-10-11-16(12-19(14)26)30-24(32)17-7-3-4-9-20(17)27-25(30)33-13-21-28-22-15(2)6-5-8-18(22)23(31)29-21/h3-12H,13H2,1-2H3,(H,28,29,31). The zero-order valence-electron chi connectivity index (χ0n) is 17.9. The van der Waals surface area contributed by atoms with Crippen LogP contribution in [-0.4, -0.2) is 19.5 Å². The average Bonchev–Trinajstić information content (AvgIpc) is 2.80. The van der Waals surface area contributed by atoms with Crippen LogP contribution in [0.25, 0.3) is 27.5 Å². The van der Waals surface area contributed by atoms with Gasteiger partial charge in [0.15, 0.2) is 5.16 Å². The van der Waals surface area contributed by atoms with Crippen molar-refractivity contribution in [2.75, 3.05) is 0 Å². The number of fused-ring (bicyclic) bond motifs is 2. The second kappa shape index (κ2) is 8.29. The van der Waals surface area contributed by atoms with Gasteiger partial charge in [0.2, 0.25) is 0 Å². The van der Waals surface area contributed by atoms with E-state index in [-0.39, 0.29) is 16.9 Å². The minimum absolute atomic E-state index is 0.219. The van der Waals surface area contributed by atoms with Crippen LogP contribution in [0.4, 0.5) is 4.39 Å². The first kappa shape index (κ1) is 21.1. The summed E-state index contributed by atoms with van der Waals surface area (Å²) in [5, 5.41) is 1.35. The third-order valence-electron chi connectivity index (χ3n) is 5.48. The van der Waals surface area contributed by atoms with Crippen LogP contribution >= 0.6 is 11.8 Å². The first-order valence-electron chi connectivity index (χ1n) is 10.3.